The molecule has 0 amide bonds. The summed E-state index contributed by atoms with van der Waals surface area (Å²) in [5.41, 5.74) is 0. The van der Waals surface area contributed by atoms with Crippen LogP contribution < -0.4 is 0 Å². The molecular formula is C4H7NO2. The molecule has 0 saturated carbocycles. The smallest absolute Gasteiger partial charge is 0.155 e. The molecular weight excluding hydrogens is 94.0 g/mol. The van der Waals surface area contributed by atoms with Gasteiger partial charge in [0.25, 0.3) is 0 Å². The summed E-state index contributed by atoms with van der Waals surface area (Å²) in [7, 11) is 0. The number of aliphatic hydroxyl groups excluding tert-OH is 1. The number of hydrogen-bond donors (Lipinski definition) is 1. The summed E-state index contributed by atoms with van der Waals surface area (Å²) in [5, 5.41) is 11.8. The summed E-state index contributed by atoms with van der Waals surface area (Å²) in [6.07, 6.45) is 2.33. The molecule has 0 aromatic rings. The maximum atomic E-state index is 8.36. The summed E-state index contributed by atoms with van der Waals surface area (Å²) in [6.45, 7) is 0.0694. The fourth-order valence-corrected chi connectivity index (χ4v) is 0.441. The van der Waals surface area contributed by atoms with Crippen molar-refractivity contribution in [2.24, 2.45) is 5.16 Å². The van der Waals surface area contributed by atoms with Crippen LogP contribution in [0, 0.1) is 0 Å². The highest BCUT2D eigenvalue weighted by Crippen LogP contribution is 2.01. The highest BCUT2D eigenvalue weighted by molar-refractivity contribution is 5.58. The van der Waals surface area contributed by atoms with E-state index in [0.717, 1.165) is 6.42 Å². The molecule has 0 bridgehead atoms. The first-order valence-electron chi connectivity index (χ1n) is 2.22. The van der Waals surface area contributed by atoms with Crippen LogP contribution in [0.5, 0.6) is 0 Å². The van der Waals surface area contributed by atoms with Crippen molar-refractivity contribution in [1.82, 2.24) is 0 Å². The highest BCUT2D eigenvalue weighted by Gasteiger charge is 2.09. The van der Waals surface area contributed by atoms with Gasteiger partial charge in [0.1, 0.15) is 0 Å². The van der Waals surface area contributed by atoms with E-state index < -0.39 is 0 Å². The Bertz CT molecular complexity index is 73.8. The first-order valence-corrected chi connectivity index (χ1v) is 2.22. The quantitative estimate of drug-likeness (QED) is 0.495. The van der Waals surface area contributed by atoms with Crippen LogP contribution in [0.2, 0.25) is 0 Å². The third kappa shape index (κ3) is 0.899. The van der Waals surface area contributed by atoms with E-state index in [2.05, 4.69) is 9.99 Å². The van der Waals surface area contributed by atoms with Crippen LogP contribution in [0.1, 0.15) is 6.42 Å². The van der Waals surface area contributed by atoms with E-state index in [-0.39, 0.29) is 12.7 Å². The Balaban J connectivity index is 2.22. The zero-order valence-electron chi connectivity index (χ0n) is 3.87. The van der Waals surface area contributed by atoms with Crippen LogP contribution in [0.4, 0.5) is 0 Å². The molecule has 0 spiro atoms. The average Bonchev–Trinajstić information content (AvgIpc) is 2.14. The Morgan fingerprint density at radius 2 is 2.86 bits per heavy atom. The zero-order valence-corrected chi connectivity index (χ0v) is 3.87. The fraction of sp³-hybridized carbons (Fsp3) is 0.750. The van der Waals surface area contributed by atoms with Gasteiger partial charge in [-0.15, -0.1) is 0 Å². The summed E-state index contributed by atoms with van der Waals surface area (Å²) in [5.74, 6) is 0. The molecule has 0 aromatic carbocycles. The summed E-state index contributed by atoms with van der Waals surface area (Å²) in [6, 6.07) is 0. The molecule has 1 unspecified atom stereocenters. The van der Waals surface area contributed by atoms with Crippen molar-refractivity contribution in [3.05, 3.63) is 0 Å². The number of rotatable bonds is 1. The lowest BCUT2D eigenvalue weighted by atomic mass is 10.3. The molecule has 0 aromatic heterocycles. The van der Waals surface area contributed by atoms with Crippen molar-refractivity contribution in [2.45, 2.75) is 12.5 Å². The number of aliphatic hydroxyl groups is 1. The standard InChI is InChI=1S/C4H7NO2/c6-3-4-1-2-5-7-4/h2,4,6H,1,3H2. The van der Waals surface area contributed by atoms with Gasteiger partial charge in [-0.2, -0.15) is 0 Å². The lowest BCUT2D eigenvalue weighted by molar-refractivity contribution is 0.0390. The van der Waals surface area contributed by atoms with Crippen LogP contribution in [-0.2, 0) is 4.84 Å². The van der Waals surface area contributed by atoms with E-state index >= 15 is 0 Å². The molecule has 1 rings (SSSR count). The molecule has 3 heteroatoms. The van der Waals surface area contributed by atoms with E-state index in [1.165, 1.54) is 0 Å². The predicted molar refractivity (Wildman–Crippen MR) is 25.1 cm³/mol. The van der Waals surface area contributed by atoms with Crippen molar-refractivity contribution in [3.63, 3.8) is 0 Å². The largest absolute Gasteiger partial charge is 0.392 e. The lowest BCUT2D eigenvalue weighted by Gasteiger charge is -1.99. The molecule has 0 saturated heterocycles. The van der Waals surface area contributed by atoms with Crippen molar-refractivity contribution in [1.29, 1.82) is 0 Å². The van der Waals surface area contributed by atoms with Gasteiger partial charge in [-0.25, -0.2) is 0 Å². The van der Waals surface area contributed by atoms with Gasteiger partial charge >= 0.3 is 0 Å². The molecule has 7 heavy (non-hydrogen) atoms. The minimum absolute atomic E-state index is 0.0694. The zero-order chi connectivity index (χ0) is 5.11. The predicted octanol–water partition coefficient (Wildman–Crippen LogP) is -0.247. The minimum Gasteiger partial charge on any atom is -0.392 e. The van der Waals surface area contributed by atoms with Crippen molar-refractivity contribution in [2.75, 3.05) is 6.61 Å². The van der Waals surface area contributed by atoms with E-state index in [9.17, 15) is 0 Å². The van der Waals surface area contributed by atoms with E-state index in [4.69, 9.17) is 5.11 Å². The Morgan fingerprint density at radius 1 is 2.00 bits per heavy atom. The van der Waals surface area contributed by atoms with Gasteiger partial charge < -0.3 is 9.94 Å². The summed E-state index contributed by atoms with van der Waals surface area (Å²) >= 11 is 0. The third-order valence-electron chi connectivity index (χ3n) is 0.856. The molecule has 40 valence electrons. The van der Waals surface area contributed by atoms with Gasteiger partial charge in [0.05, 0.1) is 6.61 Å². The number of nitrogens with zero attached hydrogens (tertiary/aromatic N) is 1. The molecule has 1 heterocycles. The molecule has 0 radical (unpaired) electrons. The fourth-order valence-electron chi connectivity index (χ4n) is 0.441. The number of oxime groups is 1. The summed E-state index contributed by atoms with van der Waals surface area (Å²) < 4.78 is 0. The number of hydrogen-bond acceptors (Lipinski definition) is 3. The van der Waals surface area contributed by atoms with Gasteiger partial charge in [0.15, 0.2) is 6.10 Å². The van der Waals surface area contributed by atoms with E-state index in [1.54, 1.807) is 6.21 Å². The van der Waals surface area contributed by atoms with Gasteiger partial charge in [-0.3, -0.25) is 0 Å². The Morgan fingerprint density at radius 3 is 3.14 bits per heavy atom. The summed E-state index contributed by atoms with van der Waals surface area (Å²) in [4.78, 5) is 4.62. The Hall–Kier alpha value is -0.570. The monoisotopic (exact) mass is 101 g/mol. The van der Waals surface area contributed by atoms with Crippen LogP contribution >= 0.6 is 0 Å². The maximum absolute atomic E-state index is 8.36. The minimum atomic E-state index is -0.0694. The van der Waals surface area contributed by atoms with Crippen LogP contribution in [0.25, 0.3) is 0 Å². The van der Waals surface area contributed by atoms with Gasteiger partial charge in [0, 0.05) is 12.6 Å². The SMILES string of the molecule is OCC1CC=NO1. The molecule has 1 N–H and O–H groups in total. The van der Waals surface area contributed by atoms with Crippen LogP contribution in [0.15, 0.2) is 5.16 Å². The molecule has 0 fully saturated rings. The molecule has 1 aliphatic heterocycles. The van der Waals surface area contributed by atoms with Crippen molar-refractivity contribution >= 4 is 6.21 Å². The molecule has 1 atom stereocenters. The Kier molecular flexibility index (Phi) is 1.26. The second-order valence-corrected chi connectivity index (χ2v) is 1.43. The van der Waals surface area contributed by atoms with E-state index in [1.807, 2.05) is 0 Å². The molecule has 1 aliphatic rings. The van der Waals surface area contributed by atoms with Crippen LogP contribution in [0.3, 0.4) is 0 Å². The van der Waals surface area contributed by atoms with Crippen molar-refractivity contribution in [3.8, 4) is 0 Å². The van der Waals surface area contributed by atoms with Gasteiger partial charge in [0.2, 0.25) is 0 Å². The first kappa shape index (κ1) is 4.59. The molecule has 3 nitrogen and oxygen atoms in total. The second-order valence-electron chi connectivity index (χ2n) is 1.43. The van der Waals surface area contributed by atoms with E-state index in [0.29, 0.717) is 0 Å². The normalized spacial score (nSPS) is 27.9. The van der Waals surface area contributed by atoms with Gasteiger partial charge in [-0.1, -0.05) is 5.16 Å². The average molecular weight is 101 g/mol. The lowest BCUT2D eigenvalue weighted by Crippen LogP contribution is -2.09. The Labute approximate surface area is 41.6 Å². The first-order chi connectivity index (χ1) is 3.43. The van der Waals surface area contributed by atoms with Crippen LogP contribution in [-0.4, -0.2) is 24.0 Å². The topological polar surface area (TPSA) is 41.8 Å². The van der Waals surface area contributed by atoms with Gasteiger partial charge in [-0.05, 0) is 0 Å². The second kappa shape index (κ2) is 1.93. The maximum Gasteiger partial charge on any atom is 0.155 e. The third-order valence-corrected chi connectivity index (χ3v) is 0.856. The van der Waals surface area contributed by atoms with Crippen molar-refractivity contribution < 1.29 is 9.94 Å². The highest BCUT2D eigenvalue weighted by atomic mass is 16.6. The molecule has 0 aliphatic carbocycles.